The van der Waals surface area contributed by atoms with Crippen molar-refractivity contribution in [3.63, 3.8) is 0 Å². The van der Waals surface area contributed by atoms with Crippen LogP contribution in [-0.4, -0.2) is 32.5 Å². The number of nitrogens with one attached hydrogen (secondary N) is 1. The largest absolute Gasteiger partial charge is 0.326 e. The summed E-state index contributed by atoms with van der Waals surface area (Å²) in [4.78, 5) is 36.9. The van der Waals surface area contributed by atoms with Crippen molar-refractivity contribution >= 4 is 69.2 Å². The van der Waals surface area contributed by atoms with Gasteiger partial charge >= 0.3 is 0 Å². The Bertz CT molecular complexity index is 1040. The maximum Gasteiger partial charge on any atom is 0.269 e. The minimum absolute atomic E-state index is 0.0489. The molecule has 0 atom stereocenters. The number of thiocarbonyl (C=S) groups is 1. The Morgan fingerprint density at radius 3 is 2.60 bits per heavy atom. The molecule has 2 aromatic carbocycles. The first-order valence-electron chi connectivity index (χ1n) is 8.89. The number of carbonyl (C=O) groups excluding carboxylic acids is 2. The first-order chi connectivity index (χ1) is 14.3. The van der Waals surface area contributed by atoms with E-state index in [0.29, 0.717) is 32.9 Å². The van der Waals surface area contributed by atoms with E-state index in [2.05, 4.69) is 5.32 Å². The smallest absolute Gasteiger partial charge is 0.269 e. The van der Waals surface area contributed by atoms with E-state index in [-0.39, 0.29) is 23.9 Å². The topological polar surface area (TPSA) is 92.6 Å². The maximum atomic E-state index is 12.6. The Kier molecular flexibility index (Phi) is 7.20. The van der Waals surface area contributed by atoms with Crippen LogP contribution < -0.4 is 5.32 Å². The minimum atomic E-state index is -0.506. The predicted molar refractivity (Wildman–Crippen MR) is 122 cm³/mol. The van der Waals surface area contributed by atoms with Gasteiger partial charge in [0.1, 0.15) is 4.32 Å². The molecule has 30 heavy (non-hydrogen) atoms. The van der Waals surface area contributed by atoms with Crippen LogP contribution in [0.2, 0.25) is 5.02 Å². The van der Waals surface area contributed by atoms with Gasteiger partial charge < -0.3 is 5.32 Å². The maximum absolute atomic E-state index is 12.6. The summed E-state index contributed by atoms with van der Waals surface area (Å²) >= 11 is 12.6. The molecule has 0 unspecified atom stereocenters. The van der Waals surface area contributed by atoms with E-state index in [1.807, 2.05) is 18.2 Å². The summed E-state index contributed by atoms with van der Waals surface area (Å²) in [5.74, 6) is -0.457. The van der Waals surface area contributed by atoms with Gasteiger partial charge in [-0.15, -0.1) is 0 Å². The summed E-state index contributed by atoms with van der Waals surface area (Å²) in [5, 5.41) is 13.9. The SMILES string of the molecule is O=C(CCCN1C(=O)C(=Cc2ccccc2Cl)SC1=S)Nc1ccc([N+](=O)[O-])cc1. The lowest BCUT2D eigenvalue weighted by atomic mass is 10.2. The summed E-state index contributed by atoms with van der Waals surface area (Å²) < 4.78 is 0.439. The van der Waals surface area contributed by atoms with E-state index in [1.54, 1.807) is 12.1 Å². The van der Waals surface area contributed by atoms with Gasteiger partial charge in [-0.05, 0) is 36.3 Å². The van der Waals surface area contributed by atoms with Crippen molar-refractivity contribution < 1.29 is 14.5 Å². The van der Waals surface area contributed by atoms with Crippen molar-refractivity contribution in [3.05, 3.63) is 74.1 Å². The van der Waals surface area contributed by atoms with Crippen LogP contribution in [0.1, 0.15) is 18.4 Å². The second-order valence-corrected chi connectivity index (χ2v) is 8.39. The fraction of sp³-hybridized carbons (Fsp3) is 0.150. The van der Waals surface area contributed by atoms with Gasteiger partial charge in [0.25, 0.3) is 11.6 Å². The first kappa shape index (κ1) is 21.9. The van der Waals surface area contributed by atoms with Crippen molar-refractivity contribution in [1.29, 1.82) is 0 Å². The molecule has 0 aliphatic carbocycles. The van der Waals surface area contributed by atoms with Crippen LogP contribution in [0.3, 0.4) is 0 Å². The molecule has 0 spiro atoms. The molecule has 1 saturated heterocycles. The van der Waals surface area contributed by atoms with Crippen LogP contribution in [-0.2, 0) is 9.59 Å². The van der Waals surface area contributed by atoms with E-state index in [0.717, 1.165) is 5.56 Å². The summed E-state index contributed by atoms with van der Waals surface area (Å²) in [6.45, 7) is 0.318. The number of anilines is 1. The number of hydrogen-bond acceptors (Lipinski definition) is 6. The molecule has 3 rings (SSSR count). The van der Waals surface area contributed by atoms with Gasteiger partial charge in [0.2, 0.25) is 5.91 Å². The lowest BCUT2D eigenvalue weighted by molar-refractivity contribution is -0.384. The Morgan fingerprint density at radius 2 is 1.93 bits per heavy atom. The molecule has 7 nitrogen and oxygen atoms in total. The highest BCUT2D eigenvalue weighted by molar-refractivity contribution is 8.26. The number of nitrogens with zero attached hydrogens (tertiary/aromatic N) is 2. The van der Waals surface area contributed by atoms with E-state index < -0.39 is 4.92 Å². The van der Waals surface area contributed by atoms with E-state index >= 15 is 0 Å². The standard InChI is InChI=1S/C20H16ClN3O4S2/c21-16-5-2-1-4-13(16)12-17-19(26)23(20(29)30-17)11-3-6-18(25)22-14-7-9-15(10-8-14)24(27)28/h1-2,4-5,7-10,12H,3,6,11H2,(H,22,25). The van der Waals surface area contributed by atoms with Gasteiger partial charge in [-0.1, -0.05) is 53.8 Å². The number of non-ortho nitro benzene ring substituents is 1. The normalized spacial score (nSPS) is 15.0. The number of benzene rings is 2. The monoisotopic (exact) mass is 461 g/mol. The highest BCUT2D eigenvalue weighted by Crippen LogP contribution is 2.33. The number of nitro groups is 1. The van der Waals surface area contributed by atoms with Crippen LogP contribution in [0.25, 0.3) is 6.08 Å². The van der Waals surface area contributed by atoms with E-state index in [1.165, 1.54) is 40.9 Å². The van der Waals surface area contributed by atoms with Gasteiger partial charge in [-0.2, -0.15) is 0 Å². The van der Waals surface area contributed by atoms with Crippen LogP contribution in [0.4, 0.5) is 11.4 Å². The molecule has 0 radical (unpaired) electrons. The van der Waals surface area contributed by atoms with Crippen molar-refractivity contribution in [2.24, 2.45) is 0 Å². The number of rotatable bonds is 7. The molecule has 1 aliphatic rings. The molecule has 0 saturated carbocycles. The molecule has 1 heterocycles. The lowest BCUT2D eigenvalue weighted by Gasteiger charge is -2.14. The van der Waals surface area contributed by atoms with Gasteiger partial charge in [-0.3, -0.25) is 24.6 Å². The molecule has 2 aromatic rings. The molecular weight excluding hydrogens is 446 g/mol. The predicted octanol–water partition coefficient (Wildman–Crippen LogP) is 4.87. The molecule has 0 bridgehead atoms. The summed E-state index contributed by atoms with van der Waals surface area (Å²) in [7, 11) is 0. The zero-order valence-corrected chi connectivity index (χ0v) is 17.9. The number of amides is 2. The van der Waals surface area contributed by atoms with Crippen molar-refractivity contribution in [2.45, 2.75) is 12.8 Å². The highest BCUT2D eigenvalue weighted by atomic mass is 35.5. The quantitative estimate of drug-likeness (QED) is 0.274. The number of carbonyl (C=O) groups is 2. The zero-order chi connectivity index (χ0) is 21.7. The molecule has 1 aliphatic heterocycles. The Morgan fingerprint density at radius 1 is 1.23 bits per heavy atom. The fourth-order valence-corrected chi connectivity index (χ4v) is 4.20. The Labute approximate surface area is 187 Å². The van der Waals surface area contributed by atoms with Gasteiger partial charge in [0.15, 0.2) is 0 Å². The molecule has 0 aromatic heterocycles. The van der Waals surface area contributed by atoms with Crippen molar-refractivity contribution in [3.8, 4) is 0 Å². The number of halogens is 1. The first-order valence-corrected chi connectivity index (χ1v) is 10.5. The van der Waals surface area contributed by atoms with E-state index in [4.69, 9.17) is 23.8 Å². The third-order valence-electron chi connectivity index (χ3n) is 4.21. The molecular formula is C20H16ClN3O4S2. The molecule has 1 fully saturated rings. The Hall–Kier alpha value is -2.75. The van der Waals surface area contributed by atoms with Crippen LogP contribution in [0.15, 0.2) is 53.4 Å². The second kappa shape index (κ2) is 9.84. The van der Waals surface area contributed by atoms with E-state index in [9.17, 15) is 19.7 Å². The molecule has 2 amide bonds. The summed E-state index contributed by atoms with van der Waals surface area (Å²) in [6, 6.07) is 12.8. The number of hydrogen-bond donors (Lipinski definition) is 1. The lowest BCUT2D eigenvalue weighted by Crippen LogP contribution is -2.29. The molecule has 1 N–H and O–H groups in total. The Balaban J connectivity index is 1.52. The van der Waals surface area contributed by atoms with Crippen LogP contribution in [0.5, 0.6) is 0 Å². The average molecular weight is 462 g/mol. The number of nitro benzene ring substituents is 1. The van der Waals surface area contributed by atoms with Crippen LogP contribution >= 0.6 is 35.6 Å². The number of thioether (sulfide) groups is 1. The van der Waals surface area contributed by atoms with Gasteiger partial charge in [0.05, 0.1) is 9.83 Å². The van der Waals surface area contributed by atoms with Gasteiger partial charge in [0, 0.05) is 35.8 Å². The molecule has 154 valence electrons. The van der Waals surface area contributed by atoms with Gasteiger partial charge in [-0.25, -0.2) is 0 Å². The fourth-order valence-electron chi connectivity index (χ4n) is 2.71. The van der Waals surface area contributed by atoms with Crippen molar-refractivity contribution in [1.82, 2.24) is 4.90 Å². The summed E-state index contributed by atoms with van der Waals surface area (Å²) in [5.41, 5.74) is 1.16. The molecule has 10 heteroatoms. The summed E-state index contributed by atoms with van der Waals surface area (Å²) in [6.07, 6.45) is 2.31. The second-order valence-electron chi connectivity index (χ2n) is 6.31. The third kappa shape index (κ3) is 5.44. The highest BCUT2D eigenvalue weighted by Gasteiger charge is 2.31. The van der Waals surface area contributed by atoms with Crippen molar-refractivity contribution in [2.75, 3.05) is 11.9 Å². The van der Waals surface area contributed by atoms with Crippen LogP contribution in [0, 0.1) is 10.1 Å². The average Bonchev–Trinajstić information content (AvgIpc) is 2.97. The zero-order valence-electron chi connectivity index (χ0n) is 15.5. The minimum Gasteiger partial charge on any atom is -0.326 e. The third-order valence-corrected chi connectivity index (χ3v) is 5.93.